The minimum atomic E-state index is 0.272. The molecule has 1 aliphatic rings. The van der Waals surface area contributed by atoms with E-state index < -0.39 is 0 Å². The summed E-state index contributed by atoms with van der Waals surface area (Å²) >= 11 is 0. The Bertz CT molecular complexity index is 324. The van der Waals surface area contributed by atoms with Crippen molar-refractivity contribution in [1.29, 1.82) is 0 Å². The highest BCUT2D eigenvalue weighted by Crippen LogP contribution is 2.73. The molecule has 2 N–H and O–H groups in total. The highest BCUT2D eigenvalue weighted by Gasteiger charge is 2.66. The van der Waals surface area contributed by atoms with Crippen molar-refractivity contribution in [2.24, 2.45) is 10.8 Å². The first-order valence-electron chi connectivity index (χ1n) is 4.58. The van der Waals surface area contributed by atoms with Crippen molar-refractivity contribution in [3.05, 3.63) is 12.0 Å². The van der Waals surface area contributed by atoms with Crippen molar-refractivity contribution in [3.8, 4) is 0 Å². The number of hydrogen-bond acceptors (Lipinski definition) is 3. The molecule has 2 rings (SSSR count). The van der Waals surface area contributed by atoms with E-state index in [1.54, 1.807) is 6.20 Å². The topological polar surface area (TPSA) is 52.0 Å². The monoisotopic (exact) mass is 180 g/mol. The summed E-state index contributed by atoms with van der Waals surface area (Å²) in [5.74, 6) is 1.37. The molecule has 3 heteroatoms. The van der Waals surface area contributed by atoms with Crippen LogP contribution in [-0.2, 0) is 0 Å². The largest absolute Gasteiger partial charge is 0.429 e. The molecule has 0 unspecified atom stereocenters. The van der Waals surface area contributed by atoms with Crippen LogP contribution < -0.4 is 5.73 Å². The molecular weight excluding hydrogens is 164 g/mol. The van der Waals surface area contributed by atoms with Gasteiger partial charge in [-0.2, -0.15) is 0 Å². The third kappa shape index (κ3) is 0.929. The molecule has 72 valence electrons. The van der Waals surface area contributed by atoms with Crippen molar-refractivity contribution < 1.29 is 4.42 Å². The van der Waals surface area contributed by atoms with Crippen LogP contribution in [0.1, 0.15) is 39.4 Å². The van der Waals surface area contributed by atoms with Crippen LogP contribution in [0.4, 0.5) is 6.01 Å². The molecule has 0 aromatic carbocycles. The second-order valence-corrected chi connectivity index (χ2v) is 4.98. The number of nitrogen functional groups attached to an aromatic ring is 1. The third-order valence-corrected chi connectivity index (χ3v) is 3.85. The van der Waals surface area contributed by atoms with E-state index in [0.29, 0.717) is 16.7 Å². The predicted molar refractivity (Wildman–Crippen MR) is 51.2 cm³/mol. The first-order chi connectivity index (χ1) is 5.87. The lowest BCUT2D eigenvalue weighted by molar-refractivity contribution is 0.457. The first-order valence-corrected chi connectivity index (χ1v) is 4.58. The standard InChI is InChI=1S/C10H16N2O/c1-9(2)7(10(9,3)4)6-5-12-8(11)13-6/h5,7H,1-4H3,(H2,11,12). The Balaban J connectivity index is 2.32. The van der Waals surface area contributed by atoms with E-state index in [9.17, 15) is 0 Å². The summed E-state index contributed by atoms with van der Waals surface area (Å²) in [6.45, 7) is 8.99. The quantitative estimate of drug-likeness (QED) is 0.722. The van der Waals surface area contributed by atoms with Crippen LogP contribution in [0.15, 0.2) is 10.6 Å². The number of oxazole rings is 1. The van der Waals surface area contributed by atoms with Crippen LogP contribution in [0.5, 0.6) is 0 Å². The fraction of sp³-hybridized carbons (Fsp3) is 0.700. The van der Waals surface area contributed by atoms with Gasteiger partial charge in [-0.05, 0) is 10.8 Å². The van der Waals surface area contributed by atoms with E-state index in [1.165, 1.54) is 0 Å². The van der Waals surface area contributed by atoms with Crippen molar-refractivity contribution >= 4 is 6.01 Å². The molecule has 3 nitrogen and oxygen atoms in total. The van der Waals surface area contributed by atoms with Gasteiger partial charge in [-0.1, -0.05) is 27.7 Å². The van der Waals surface area contributed by atoms with Crippen LogP contribution in [0.25, 0.3) is 0 Å². The lowest BCUT2D eigenvalue weighted by atomic mass is 10.0. The second-order valence-electron chi connectivity index (χ2n) is 4.98. The van der Waals surface area contributed by atoms with Gasteiger partial charge in [0, 0.05) is 5.92 Å². The van der Waals surface area contributed by atoms with Crippen LogP contribution in [-0.4, -0.2) is 4.98 Å². The van der Waals surface area contributed by atoms with Gasteiger partial charge >= 0.3 is 0 Å². The summed E-state index contributed by atoms with van der Waals surface area (Å²) in [5.41, 5.74) is 6.02. The Hall–Kier alpha value is -0.990. The molecule has 0 aliphatic heterocycles. The second kappa shape index (κ2) is 2.08. The Morgan fingerprint density at radius 3 is 2.15 bits per heavy atom. The average molecular weight is 180 g/mol. The molecule has 1 aromatic heterocycles. The van der Waals surface area contributed by atoms with Gasteiger partial charge in [-0.15, -0.1) is 0 Å². The van der Waals surface area contributed by atoms with Crippen LogP contribution in [0.3, 0.4) is 0 Å². The molecule has 0 spiro atoms. The van der Waals surface area contributed by atoms with Crippen molar-refractivity contribution in [2.45, 2.75) is 33.6 Å². The minimum absolute atomic E-state index is 0.272. The molecule has 1 aromatic rings. The molecule has 1 saturated carbocycles. The van der Waals surface area contributed by atoms with Gasteiger partial charge in [0.05, 0.1) is 6.20 Å². The van der Waals surface area contributed by atoms with E-state index in [1.807, 2.05) is 0 Å². The Labute approximate surface area is 78.3 Å². The van der Waals surface area contributed by atoms with E-state index in [2.05, 4.69) is 32.7 Å². The maximum Gasteiger partial charge on any atom is 0.292 e. The Morgan fingerprint density at radius 2 is 1.85 bits per heavy atom. The highest BCUT2D eigenvalue weighted by atomic mass is 16.4. The molecule has 0 saturated heterocycles. The van der Waals surface area contributed by atoms with Gasteiger partial charge in [0.25, 0.3) is 6.01 Å². The number of rotatable bonds is 1. The third-order valence-electron chi connectivity index (χ3n) is 3.85. The molecule has 0 radical (unpaired) electrons. The SMILES string of the molecule is CC1(C)C(c2cnc(N)o2)C1(C)C. The van der Waals surface area contributed by atoms with Crippen molar-refractivity contribution in [2.75, 3.05) is 5.73 Å². The molecule has 1 fully saturated rings. The summed E-state index contributed by atoms with van der Waals surface area (Å²) in [6, 6.07) is 0.272. The highest BCUT2D eigenvalue weighted by molar-refractivity contribution is 5.29. The van der Waals surface area contributed by atoms with Crippen molar-refractivity contribution in [3.63, 3.8) is 0 Å². The van der Waals surface area contributed by atoms with Gasteiger partial charge in [0.1, 0.15) is 5.76 Å². The Morgan fingerprint density at radius 1 is 1.31 bits per heavy atom. The predicted octanol–water partition coefficient (Wildman–Crippen LogP) is 2.41. The van der Waals surface area contributed by atoms with E-state index in [-0.39, 0.29) is 6.01 Å². The smallest absolute Gasteiger partial charge is 0.292 e. The lowest BCUT2D eigenvalue weighted by Gasteiger charge is -2.03. The van der Waals surface area contributed by atoms with Crippen LogP contribution in [0, 0.1) is 10.8 Å². The summed E-state index contributed by atoms with van der Waals surface area (Å²) in [5, 5.41) is 0. The maximum absolute atomic E-state index is 5.44. The summed E-state index contributed by atoms with van der Waals surface area (Å²) in [7, 11) is 0. The summed E-state index contributed by atoms with van der Waals surface area (Å²) < 4.78 is 5.35. The van der Waals surface area contributed by atoms with Crippen molar-refractivity contribution in [1.82, 2.24) is 4.98 Å². The zero-order valence-electron chi connectivity index (χ0n) is 8.59. The average Bonchev–Trinajstić information content (AvgIpc) is 2.32. The molecule has 1 heterocycles. The van der Waals surface area contributed by atoms with Crippen LogP contribution >= 0.6 is 0 Å². The fourth-order valence-electron chi connectivity index (χ4n) is 2.34. The van der Waals surface area contributed by atoms with E-state index in [4.69, 9.17) is 10.2 Å². The van der Waals surface area contributed by atoms with Gasteiger partial charge < -0.3 is 10.2 Å². The molecule has 13 heavy (non-hydrogen) atoms. The molecule has 0 bridgehead atoms. The number of anilines is 1. The zero-order valence-corrected chi connectivity index (χ0v) is 8.59. The number of nitrogens with two attached hydrogens (primary N) is 1. The molecule has 0 atom stereocenters. The molecule has 0 amide bonds. The first kappa shape index (κ1) is 8.60. The van der Waals surface area contributed by atoms with Gasteiger partial charge in [0.2, 0.25) is 0 Å². The zero-order chi connectivity index (χ0) is 9.85. The summed E-state index contributed by atoms with van der Waals surface area (Å²) in [6.07, 6.45) is 1.75. The van der Waals surface area contributed by atoms with Gasteiger partial charge in [0.15, 0.2) is 0 Å². The molecule has 1 aliphatic carbocycles. The van der Waals surface area contributed by atoms with E-state index >= 15 is 0 Å². The van der Waals surface area contributed by atoms with Gasteiger partial charge in [-0.25, -0.2) is 4.98 Å². The van der Waals surface area contributed by atoms with Crippen LogP contribution in [0.2, 0.25) is 0 Å². The summed E-state index contributed by atoms with van der Waals surface area (Å²) in [4.78, 5) is 3.92. The number of nitrogens with zero attached hydrogens (tertiary/aromatic N) is 1. The fourth-order valence-corrected chi connectivity index (χ4v) is 2.34. The molecular formula is C10H16N2O. The lowest BCUT2D eigenvalue weighted by Crippen LogP contribution is -1.95. The number of hydrogen-bond donors (Lipinski definition) is 1. The van der Waals surface area contributed by atoms with E-state index in [0.717, 1.165) is 5.76 Å². The number of aromatic nitrogens is 1. The minimum Gasteiger partial charge on any atom is -0.429 e. The van der Waals surface area contributed by atoms with Gasteiger partial charge in [-0.3, -0.25) is 0 Å². The maximum atomic E-state index is 5.44. The normalized spacial score (nSPS) is 24.6. The Kier molecular flexibility index (Phi) is 1.38.